The molecule has 0 heterocycles. The number of carbonyl (C=O) groups is 4. The zero-order chi connectivity index (χ0) is 24.5. The number of ether oxygens (including phenoxy) is 3. The minimum atomic E-state index is -1.15. The molecule has 0 aromatic rings. The predicted octanol–water partition coefficient (Wildman–Crippen LogP) is -1.85. The van der Waals surface area contributed by atoms with Crippen LogP contribution in [0.15, 0.2) is 0 Å². The lowest BCUT2D eigenvalue weighted by atomic mass is 10.2. The Labute approximate surface area is 191 Å². The Morgan fingerprint density at radius 3 is 2.25 bits per heavy atom. The van der Waals surface area contributed by atoms with Gasteiger partial charge in [0.25, 0.3) is 0 Å². The highest BCUT2D eigenvalue weighted by Crippen LogP contribution is 2.09. The summed E-state index contributed by atoms with van der Waals surface area (Å²) in [6, 6.07) is -2.14. The van der Waals surface area contributed by atoms with Gasteiger partial charge in [0.05, 0.1) is 25.4 Å². The van der Waals surface area contributed by atoms with Gasteiger partial charge in [0.15, 0.2) is 0 Å². The molecule has 7 N–H and O–H groups in total. The second kappa shape index (κ2) is 17.3. The number of rotatable bonds is 15. The summed E-state index contributed by atoms with van der Waals surface area (Å²) in [6.07, 6.45) is -2.13. The monoisotopic (exact) mass is 481 g/mol. The van der Waals surface area contributed by atoms with Crippen LogP contribution in [0.2, 0.25) is 0 Å². The van der Waals surface area contributed by atoms with Crippen molar-refractivity contribution < 1.29 is 38.5 Å². The fraction of sp³-hybridized carbons (Fsp3) is 0.778. The number of thioether (sulfide) groups is 1. The van der Waals surface area contributed by atoms with Gasteiger partial charge in [0.1, 0.15) is 18.8 Å². The maximum Gasteiger partial charge on any atom is 0.407 e. The summed E-state index contributed by atoms with van der Waals surface area (Å²) in [4.78, 5) is 47.0. The van der Waals surface area contributed by atoms with Crippen molar-refractivity contribution >= 4 is 35.8 Å². The first kappa shape index (κ1) is 29.7. The van der Waals surface area contributed by atoms with Gasteiger partial charge in [-0.3, -0.25) is 9.59 Å². The first-order valence-corrected chi connectivity index (χ1v) is 11.2. The molecule has 32 heavy (non-hydrogen) atoms. The molecule has 0 radical (unpaired) electrons. The molecule has 14 heteroatoms. The van der Waals surface area contributed by atoms with E-state index in [-0.39, 0.29) is 30.8 Å². The van der Waals surface area contributed by atoms with Gasteiger partial charge in [-0.25, -0.2) is 9.59 Å². The second-order valence-electron chi connectivity index (χ2n) is 6.72. The summed E-state index contributed by atoms with van der Waals surface area (Å²) in [6.45, 7) is 3.47. The first-order valence-electron chi connectivity index (χ1n) is 10.0. The number of nitrogens with one attached hydrogen (secondary N) is 4. The molecule has 3 atom stereocenters. The lowest BCUT2D eigenvalue weighted by Crippen LogP contribution is -2.54. The minimum absolute atomic E-state index is 0.0208. The van der Waals surface area contributed by atoms with Crippen molar-refractivity contribution in [2.45, 2.75) is 38.1 Å². The van der Waals surface area contributed by atoms with Crippen molar-refractivity contribution in [1.82, 2.24) is 21.3 Å². The van der Waals surface area contributed by atoms with Gasteiger partial charge in [0, 0.05) is 32.1 Å². The molecule has 0 unspecified atom stereocenters. The van der Waals surface area contributed by atoms with Crippen LogP contribution < -0.4 is 27.0 Å². The number of amides is 4. The Hall–Kier alpha value is -2.29. The van der Waals surface area contributed by atoms with Crippen LogP contribution >= 0.6 is 11.8 Å². The molecule has 0 spiro atoms. The molecule has 0 aromatic heterocycles. The van der Waals surface area contributed by atoms with Crippen LogP contribution in [0, 0.1) is 0 Å². The summed E-state index contributed by atoms with van der Waals surface area (Å²) in [5.74, 6) is -0.860. The van der Waals surface area contributed by atoms with Gasteiger partial charge in [0.2, 0.25) is 11.8 Å². The molecule has 0 fully saturated rings. The Bertz CT molecular complexity index is 596. The molecule has 0 aliphatic heterocycles. The topological polar surface area (TPSA) is 190 Å². The van der Waals surface area contributed by atoms with E-state index < -0.39 is 48.8 Å². The van der Waals surface area contributed by atoms with Crippen LogP contribution in [0.5, 0.6) is 0 Å². The third-order valence-electron chi connectivity index (χ3n) is 3.69. The van der Waals surface area contributed by atoms with Crippen LogP contribution in [0.3, 0.4) is 0 Å². The zero-order valence-electron chi connectivity index (χ0n) is 18.8. The van der Waals surface area contributed by atoms with Crippen LogP contribution in [-0.2, 0) is 23.8 Å². The van der Waals surface area contributed by atoms with E-state index in [1.807, 2.05) is 13.8 Å². The van der Waals surface area contributed by atoms with Crippen LogP contribution in [0.4, 0.5) is 9.59 Å². The Morgan fingerprint density at radius 2 is 1.69 bits per heavy atom. The molecule has 0 aliphatic rings. The van der Waals surface area contributed by atoms with Crippen molar-refractivity contribution in [3.05, 3.63) is 0 Å². The number of hydrogen-bond acceptors (Lipinski definition) is 10. The van der Waals surface area contributed by atoms with Gasteiger partial charge < -0.3 is 46.3 Å². The van der Waals surface area contributed by atoms with Gasteiger partial charge >= 0.3 is 12.2 Å². The quantitative estimate of drug-likeness (QED) is 0.145. The first-order chi connectivity index (χ1) is 15.1. The predicted molar refractivity (Wildman–Crippen MR) is 118 cm³/mol. The van der Waals surface area contributed by atoms with Gasteiger partial charge in [-0.05, 0) is 13.8 Å². The fourth-order valence-electron chi connectivity index (χ4n) is 2.03. The van der Waals surface area contributed by atoms with Crippen molar-refractivity contribution in [2.24, 2.45) is 5.73 Å². The van der Waals surface area contributed by atoms with E-state index in [1.54, 1.807) is 0 Å². The molecule has 0 aliphatic carbocycles. The second-order valence-corrected chi connectivity index (χ2v) is 7.80. The molecule has 13 nitrogen and oxygen atoms in total. The summed E-state index contributed by atoms with van der Waals surface area (Å²) in [5, 5.41) is 18.9. The van der Waals surface area contributed by atoms with Gasteiger partial charge in [-0.2, -0.15) is 11.8 Å². The summed E-state index contributed by atoms with van der Waals surface area (Å²) in [5.41, 5.74) is 5.85. The van der Waals surface area contributed by atoms with E-state index >= 15 is 0 Å². The summed E-state index contributed by atoms with van der Waals surface area (Å²) < 4.78 is 15.3. The van der Waals surface area contributed by atoms with Crippen molar-refractivity contribution in [2.75, 3.05) is 52.0 Å². The van der Waals surface area contributed by atoms with E-state index in [9.17, 15) is 24.3 Å². The Morgan fingerprint density at radius 1 is 1.03 bits per heavy atom. The molecule has 0 saturated carbocycles. The van der Waals surface area contributed by atoms with Crippen LogP contribution in [0.25, 0.3) is 0 Å². The normalized spacial score (nSPS) is 13.5. The summed E-state index contributed by atoms with van der Waals surface area (Å²) >= 11 is 1.19. The molecule has 0 bridgehead atoms. The fourth-order valence-corrected chi connectivity index (χ4v) is 3.00. The lowest BCUT2D eigenvalue weighted by Gasteiger charge is -2.20. The summed E-state index contributed by atoms with van der Waals surface area (Å²) in [7, 11) is 2.78. The zero-order valence-corrected chi connectivity index (χ0v) is 19.7. The molecule has 186 valence electrons. The Kier molecular flexibility index (Phi) is 16.1. The SMILES string of the molecule is CNC(=O)OC[C@H](CSC[C@H](N)C(=O)N[C@@H](CO)C(=O)NCCOC(C)C)OC(=O)NC. The number of nitrogens with two attached hydrogens (primary N) is 1. The van der Waals surface area contributed by atoms with Crippen LogP contribution in [0.1, 0.15) is 13.8 Å². The number of aliphatic hydroxyl groups is 1. The highest BCUT2D eigenvalue weighted by Gasteiger charge is 2.24. The maximum absolute atomic E-state index is 12.3. The number of carbonyl (C=O) groups excluding carboxylic acids is 4. The largest absolute Gasteiger partial charge is 0.446 e. The standard InChI is InChI=1S/C18H35N5O8S/c1-11(2)29-6-5-22-16(26)14(7-24)23-15(25)13(19)10-32-9-12(31-18(28)21-4)8-30-17(27)20-3/h11-14,24H,5-10,19H2,1-4H3,(H,20,27)(H,21,28)(H,22,26)(H,23,25)/t12-,13+,14+/m1/s1. The van der Waals surface area contributed by atoms with Gasteiger partial charge in [-0.1, -0.05) is 0 Å². The van der Waals surface area contributed by atoms with E-state index in [0.29, 0.717) is 6.61 Å². The third-order valence-corrected chi connectivity index (χ3v) is 4.89. The average molecular weight is 482 g/mol. The molecule has 4 amide bonds. The lowest BCUT2D eigenvalue weighted by molar-refractivity contribution is -0.130. The van der Waals surface area contributed by atoms with E-state index in [0.717, 1.165) is 0 Å². The smallest absolute Gasteiger partial charge is 0.407 e. The number of aliphatic hydroxyl groups excluding tert-OH is 1. The Balaban J connectivity index is 4.49. The van der Waals surface area contributed by atoms with Gasteiger partial charge in [-0.15, -0.1) is 0 Å². The third kappa shape index (κ3) is 13.9. The number of hydrogen-bond donors (Lipinski definition) is 6. The molecule has 0 rings (SSSR count). The van der Waals surface area contributed by atoms with E-state index in [4.69, 9.17) is 19.9 Å². The average Bonchev–Trinajstić information content (AvgIpc) is 2.77. The van der Waals surface area contributed by atoms with Crippen molar-refractivity contribution in [3.63, 3.8) is 0 Å². The molecule has 0 aromatic carbocycles. The molecule has 0 saturated heterocycles. The maximum atomic E-state index is 12.3. The molecular formula is C18H35N5O8S. The minimum Gasteiger partial charge on any atom is -0.446 e. The highest BCUT2D eigenvalue weighted by atomic mass is 32.2. The van der Waals surface area contributed by atoms with Crippen LogP contribution in [-0.4, -0.2) is 105 Å². The van der Waals surface area contributed by atoms with Crippen molar-refractivity contribution in [3.8, 4) is 0 Å². The van der Waals surface area contributed by atoms with Crippen molar-refractivity contribution in [1.29, 1.82) is 0 Å². The van der Waals surface area contributed by atoms with E-state index in [1.165, 1.54) is 25.9 Å². The number of alkyl carbamates (subject to hydrolysis) is 2. The molecular weight excluding hydrogens is 446 g/mol. The highest BCUT2D eigenvalue weighted by molar-refractivity contribution is 7.99. The van der Waals surface area contributed by atoms with E-state index in [2.05, 4.69) is 21.3 Å².